The molecule has 2 rings (SSSR count). The average molecular weight is 352 g/mol. The first kappa shape index (κ1) is 18.6. The lowest BCUT2D eigenvalue weighted by Crippen LogP contribution is -2.52. The summed E-state index contributed by atoms with van der Waals surface area (Å²) in [4.78, 5) is 14.8. The minimum Gasteiger partial charge on any atom is -0.444 e. The van der Waals surface area contributed by atoms with Gasteiger partial charge in [0.25, 0.3) is 0 Å². The van der Waals surface area contributed by atoms with E-state index in [0.717, 1.165) is 18.5 Å². The summed E-state index contributed by atoms with van der Waals surface area (Å²) in [6.07, 6.45) is 0.980. The fourth-order valence-electron chi connectivity index (χ4n) is 2.73. The number of ether oxygens (including phenoxy) is 1. The highest BCUT2D eigenvalue weighted by Crippen LogP contribution is 2.25. The Hall–Kier alpha value is -1.69. The first-order chi connectivity index (χ1) is 11.1. The normalized spacial score (nSPS) is 21.0. The lowest BCUT2D eigenvalue weighted by Gasteiger charge is -2.29. The van der Waals surface area contributed by atoms with Crippen molar-refractivity contribution in [3.8, 4) is 0 Å². The molecule has 0 bridgehead atoms. The molecule has 1 unspecified atom stereocenters. The van der Waals surface area contributed by atoms with Crippen LogP contribution >= 0.6 is 12.2 Å². The Balaban J connectivity index is 1.92. The molecule has 6 heteroatoms. The predicted molar refractivity (Wildman–Crippen MR) is 96.7 cm³/mol. The van der Waals surface area contributed by atoms with Crippen LogP contribution in [0.4, 0.5) is 9.18 Å². The van der Waals surface area contributed by atoms with Crippen molar-refractivity contribution in [3.05, 3.63) is 35.6 Å². The highest BCUT2D eigenvalue weighted by molar-refractivity contribution is 7.80. The number of nitrogens with zero attached hydrogens (tertiary/aromatic N) is 1. The third-order valence-electron chi connectivity index (χ3n) is 3.98. The van der Waals surface area contributed by atoms with E-state index in [1.165, 1.54) is 12.1 Å². The summed E-state index contributed by atoms with van der Waals surface area (Å²) in [5.41, 5.74) is -0.191. The number of hydrogen-bond acceptors (Lipinski definition) is 3. The van der Waals surface area contributed by atoms with Crippen molar-refractivity contribution >= 4 is 23.3 Å². The van der Waals surface area contributed by atoms with Gasteiger partial charge in [0.15, 0.2) is 0 Å². The van der Waals surface area contributed by atoms with E-state index in [9.17, 15) is 9.18 Å². The molecule has 1 aromatic rings. The molecule has 0 radical (unpaired) electrons. The summed E-state index contributed by atoms with van der Waals surface area (Å²) in [5, 5.41) is 2.89. The zero-order valence-electron chi connectivity index (χ0n) is 14.7. The molecule has 1 aliphatic rings. The van der Waals surface area contributed by atoms with Crippen LogP contribution in [0.3, 0.4) is 0 Å². The zero-order valence-corrected chi connectivity index (χ0v) is 15.5. The highest BCUT2D eigenvalue weighted by Gasteiger charge is 2.41. The van der Waals surface area contributed by atoms with Crippen LogP contribution in [-0.2, 0) is 11.2 Å². The van der Waals surface area contributed by atoms with Crippen LogP contribution < -0.4 is 5.32 Å². The molecular weight excluding hydrogens is 327 g/mol. The molecule has 0 saturated carbocycles. The van der Waals surface area contributed by atoms with Gasteiger partial charge in [0.05, 0.1) is 5.54 Å². The monoisotopic (exact) mass is 352 g/mol. The van der Waals surface area contributed by atoms with Gasteiger partial charge in [-0.1, -0.05) is 24.4 Å². The van der Waals surface area contributed by atoms with Gasteiger partial charge in [0.1, 0.15) is 16.4 Å². The molecule has 1 aliphatic heterocycles. The Bertz CT molecular complexity index is 630. The number of alkyl carbamates (subject to hydrolysis) is 1. The van der Waals surface area contributed by atoms with E-state index in [1.54, 1.807) is 6.07 Å². The maximum atomic E-state index is 13.2. The zero-order chi connectivity index (χ0) is 18.0. The third kappa shape index (κ3) is 4.90. The molecule has 1 saturated heterocycles. The number of nitrogens with one attached hydrogen (secondary N) is 1. The van der Waals surface area contributed by atoms with Crippen molar-refractivity contribution < 1.29 is 13.9 Å². The second-order valence-electron chi connectivity index (χ2n) is 7.38. The van der Waals surface area contributed by atoms with Gasteiger partial charge in [0, 0.05) is 13.1 Å². The van der Waals surface area contributed by atoms with Crippen LogP contribution in [0, 0.1) is 5.82 Å². The summed E-state index contributed by atoms with van der Waals surface area (Å²) in [5.74, 6) is -0.229. The lowest BCUT2D eigenvalue weighted by atomic mass is 10.0. The fraction of sp³-hybridized carbons (Fsp3) is 0.556. The smallest absolute Gasteiger partial charge is 0.408 e. The maximum absolute atomic E-state index is 13.2. The number of likely N-dealkylation sites (tertiary alicyclic amines) is 1. The second kappa shape index (κ2) is 7.05. The van der Waals surface area contributed by atoms with E-state index in [4.69, 9.17) is 17.0 Å². The lowest BCUT2D eigenvalue weighted by molar-refractivity contribution is 0.0493. The van der Waals surface area contributed by atoms with Gasteiger partial charge in [0.2, 0.25) is 0 Å². The van der Waals surface area contributed by atoms with E-state index in [0.29, 0.717) is 18.0 Å². The van der Waals surface area contributed by atoms with Crippen LogP contribution in [0.2, 0.25) is 0 Å². The van der Waals surface area contributed by atoms with Gasteiger partial charge in [-0.2, -0.15) is 0 Å². The molecule has 0 spiro atoms. The number of amides is 1. The predicted octanol–water partition coefficient (Wildman–Crippen LogP) is 3.68. The summed E-state index contributed by atoms with van der Waals surface area (Å²) >= 11 is 5.56. The Morgan fingerprint density at radius 3 is 2.79 bits per heavy atom. The Labute approximate surface area is 148 Å². The first-order valence-electron chi connectivity index (χ1n) is 8.14. The quantitative estimate of drug-likeness (QED) is 0.839. The van der Waals surface area contributed by atoms with Crippen molar-refractivity contribution in [2.75, 3.05) is 13.1 Å². The summed E-state index contributed by atoms with van der Waals surface area (Å²) < 4.78 is 18.6. The van der Waals surface area contributed by atoms with Crippen LogP contribution in [0.5, 0.6) is 0 Å². The van der Waals surface area contributed by atoms with Crippen molar-refractivity contribution in [1.82, 2.24) is 10.2 Å². The van der Waals surface area contributed by atoms with Gasteiger partial charge < -0.3 is 15.0 Å². The van der Waals surface area contributed by atoms with Crippen LogP contribution in [0.25, 0.3) is 0 Å². The third-order valence-corrected chi connectivity index (χ3v) is 4.69. The minimum atomic E-state index is -0.584. The number of carbonyl (C=O) groups is 1. The van der Waals surface area contributed by atoms with Gasteiger partial charge in [-0.25, -0.2) is 9.18 Å². The average Bonchev–Trinajstić information content (AvgIpc) is 2.70. The van der Waals surface area contributed by atoms with E-state index in [1.807, 2.05) is 33.8 Å². The number of thiocarbonyl (C=S) groups is 1. The van der Waals surface area contributed by atoms with Crippen molar-refractivity contribution in [3.63, 3.8) is 0 Å². The second-order valence-corrected chi connectivity index (χ2v) is 7.77. The molecule has 24 heavy (non-hydrogen) atoms. The van der Waals surface area contributed by atoms with Crippen molar-refractivity contribution in [2.24, 2.45) is 0 Å². The molecule has 1 fully saturated rings. The molecule has 132 valence electrons. The molecule has 1 heterocycles. The van der Waals surface area contributed by atoms with E-state index >= 15 is 0 Å². The van der Waals surface area contributed by atoms with Crippen LogP contribution in [0.1, 0.15) is 39.7 Å². The number of rotatable bonds is 4. The van der Waals surface area contributed by atoms with Crippen molar-refractivity contribution in [2.45, 2.75) is 51.7 Å². The molecule has 4 nitrogen and oxygen atoms in total. The molecule has 1 amide bonds. The van der Waals surface area contributed by atoms with E-state index < -0.39 is 17.2 Å². The van der Waals surface area contributed by atoms with Gasteiger partial charge in [-0.05, 0) is 58.2 Å². The Morgan fingerprint density at radius 2 is 2.17 bits per heavy atom. The number of hydrogen-bond donors (Lipinski definition) is 1. The van der Waals surface area contributed by atoms with Gasteiger partial charge >= 0.3 is 6.09 Å². The largest absolute Gasteiger partial charge is 0.444 e. The van der Waals surface area contributed by atoms with Crippen LogP contribution in [-0.4, -0.2) is 40.2 Å². The summed E-state index contributed by atoms with van der Waals surface area (Å²) in [6, 6.07) is 6.59. The molecular formula is C18H25FN2O2S. The number of benzene rings is 1. The molecule has 0 aliphatic carbocycles. The minimum absolute atomic E-state index is 0.229. The topological polar surface area (TPSA) is 41.6 Å². The van der Waals surface area contributed by atoms with E-state index in [-0.39, 0.29) is 5.82 Å². The number of halogens is 1. The fourth-order valence-corrected chi connectivity index (χ4v) is 3.07. The Kier molecular flexibility index (Phi) is 5.48. The van der Waals surface area contributed by atoms with Gasteiger partial charge in [-0.3, -0.25) is 0 Å². The number of carbonyl (C=O) groups excluding carboxylic acids is 1. The first-order valence-corrected chi connectivity index (χ1v) is 8.55. The molecule has 1 N–H and O–H groups in total. The highest BCUT2D eigenvalue weighted by atomic mass is 32.1. The SMILES string of the molecule is CC(C)(C)OC(=O)NC1(C)CCN(CCc2cccc(F)c2)C1=S. The standard InChI is InChI=1S/C18H25FN2O2S/c1-17(2,3)23-16(22)20-18(4)9-11-21(15(18)24)10-8-13-6-5-7-14(19)12-13/h5-7,12H,8-11H2,1-4H3,(H,20,22). The Morgan fingerprint density at radius 1 is 1.46 bits per heavy atom. The van der Waals surface area contributed by atoms with Gasteiger partial charge in [-0.15, -0.1) is 0 Å². The molecule has 0 aromatic heterocycles. The maximum Gasteiger partial charge on any atom is 0.408 e. The molecule has 1 atom stereocenters. The summed E-state index contributed by atoms with van der Waals surface area (Å²) in [6.45, 7) is 8.86. The van der Waals surface area contributed by atoms with E-state index in [2.05, 4.69) is 10.2 Å². The van der Waals surface area contributed by atoms with Crippen molar-refractivity contribution in [1.29, 1.82) is 0 Å². The van der Waals surface area contributed by atoms with Crippen LogP contribution in [0.15, 0.2) is 24.3 Å². The molecule has 1 aromatic carbocycles. The summed E-state index contributed by atoms with van der Waals surface area (Å²) in [7, 11) is 0.